The summed E-state index contributed by atoms with van der Waals surface area (Å²) < 4.78 is 31.6. The molecule has 0 saturated carbocycles. The summed E-state index contributed by atoms with van der Waals surface area (Å²) in [6.07, 6.45) is -1.83. The SMILES string of the molecule is Cl.O=C(O)O.O=S(=O)(O)O.[Ca+2].[H-].[H-].[H-].[H-].[H-].[H-].[K+].[Mg+2].[Na+]. The van der Waals surface area contributed by atoms with Crippen molar-refractivity contribution in [2.75, 3.05) is 0 Å². The summed E-state index contributed by atoms with van der Waals surface area (Å²) in [5.41, 5.74) is 0. The molecule has 0 unspecified atom stereocenters. The molecule has 0 fully saturated rings. The molecule has 0 heterocycles. The molecule has 4 N–H and O–H groups in total. The minimum atomic E-state index is -4.67. The maximum atomic E-state index is 8.74. The first kappa shape index (κ1) is 43.0. The molecule has 0 rings (SSSR count). The zero-order valence-electron chi connectivity index (χ0n) is 13.7. The van der Waals surface area contributed by atoms with Crippen LogP contribution in [0.5, 0.6) is 0 Å². The molecule has 0 radical (unpaired) electrons. The normalized spacial score (nSPS) is 5.86. The Morgan fingerprint density at radius 3 is 1.14 bits per heavy atom. The van der Waals surface area contributed by atoms with Crippen molar-refractivity contribution < 1.29 is 122 Å². The van der Waals surface area contributed by atoms with Gasteiger partial charge < -0.3 is 18.8 Å². The molecule has 14 heavy (non-hydrogen) atoms. The van der Waals surface area contributed by atoms with Crippen LogP contribution < -0.4 is 80.9 Å². The van der Waals surface area contributed by atoms with Crippen LogP contribution in [0, 0.1) is 0 Å². The van der Waals surface area contributed by atoms with E-state index in [0.717, 1.165) is 0 Å². The van der Waals surface area contributed by atoms with Gasteiger partial charge in [0, 0.05) is 0 Å². The van der Waals surface area contributed by atoms with Gasteiger partial charge in [-0.05, 0) is 0 Å². The van der Waals surface area contributed by atoms with Crippen molar-refractivity contribution in [1.82, 2.24) is 0 Å². The number of carbonyl (C=O) groups is 1. The summed E-state index contributed by atoms with van der Waals surface area (Å²) in [4.78, 5) is 8.56. The topological polar surface area (TPSA) is 132 Å². The Bertz CT molecular complexity index is 194. The molecule has 0 bridgehead atoms. The molecule has 0 saturated heterocycles. The monoisotopic (exact) mass is 328 g/mol. The van der Waals surface area contributed by atoms with Gasteiger partial charge in [-0.2, -0.15) is 8.42 Å². The third kappa shape index (κ3) is 219. The van der Waals surface area contributed by atoms with Crippen LogP contribution in [0.25, 0.3) is 0 Å². The van der Waals surface area contributed by atoms with E-state index >= 15 is 0 Å². The maximum absolute atomic E-state index is 8.74. The molecule has 0 aliphatic carbocycles. The Morgan fingerprint density at radius 1 is 1.14 bits per heavy atom. The Labute approximate surface area is 207 Å². The van der Waals surface area contributed by atoms with Gasteiger partial charge in [0.1, 0.15) is 0 Å². The molecule has 0 aromatic carbocycles. The van der Waals surface area contributed by atoms with Crippen LogP contribution in [0.15, 0.2) is 0 Å². The van der Waals surface area contributed by atoms with E-state index in [4.69, 9.17) is 32.5 Å². The van der Waals surface area contributed by atoms with E-state index in [1.807, 2.05) is 0 Å². The molecule has 7 nitrogen and oxygen atoms in total. The molecule has 0 amide bonds. The predicted molar refractivity (Wildman–Crippen MR) is 50.3 cm³/mol. The molecular weight excluding hydrogens is 318 g/mol. The Kier molecular flexibility index (Phi) is 79.2. The molecule has 0 spiro atoms. The van der Waals surface area contributed by atoms with Gasteiger partial charge in [0.15, 0.2) is 0 Å². The van der Waals surface area contributed by atoms with Gasteiger partial charge in [0.2, 0.25) is 0 Å². The minimum Gasteiger partial charge on any atom is -1.00 e. The average molecular weight is 329 g/mol. The van der Waals surface area contributed by atoms with Crippen LogP contribution in [0.1, 0.15) is 8.56 Å². The van der Waals surface area contributed by atoms with E-state index in [1.54, 1.807) is 0 Å². The fraction of sp³-hybridized carbons (Fsp3) is 0. The fourth-order valence-corrected chi connectivity index (χ4v) is 0. The summed E-state index contributed by atoms with van der Waals surface area (Å²) in [5, 5.41) is 13.9. The standard InChI is InChI=1S/CH2O3.Ca.ClH.K.Mg.Na.H2O4S.6H/c2-1(3)4;;;;;;1-5(2,3)4;;;;;;/h(H2,2,3,4);;1H;;;;(H2,1,2,3,4);;;;;;/q;+2;;+1;+2;+1;;6*-1. The largest absolute Gasteiger partial charge is 2.00 e. The first-order valence-corrected chi connectivity index (χ1v) is 2.75. The van der Waals surface area contributed by atoms with Crippen molar-refractivity contribution >= 4 is 89.8 Å². The fourth-order valence-electron chi connectivity index (χ4n) is 0. The first-order valence-electron chi connectivity index (χ1n) is 1.35. The van der Waals surface area contributed by atoms with E-state index in [0.29, 0.717) is 0 Å². The molecule has 0 aliphatic heterocycles. The number of carboxylic acid groups (broad SMARTS) is 2. The van der Waals surface area contributed by atoms with Gasteiger partial charge in [0.25, 0.3) is 0 Å². The van der Waals surface area contributed by atoms with E-state index in [2.05, 4.69) is 0 Å². The molecule has 0 atom stereocenters. The van der Waals surface area contributed by atoms with Crippen LogP contribution >= 0.6 is 12.4 Å². The zero-order chi connectivity index (χ0) is 8.08. The number of rotatable bonds is 0. The molecule has 0 aliphatic rings. The van der Waals surface area contributed by atoms with Crippen molar-refractivity contribution in [3.05, 3.63) is 0 Å². The summed E-state index contributed by atoms with van der Waals surface area (Å²) >= 11 is 0. The van der Waals surface area contributed by atoms with Gasteiger partial charge in [-0.25, -0.2) is 4.79 Å². The Balaban J connectivity index is -0.00000000289. The Hall–Kier alpha value is 4.09. The number of halogens is 1. The summed E-state index contributed by atoms with van der Waals surface area (Å²) in [7, 11) is -4.67. The van der Waals surface area contributed by atoms with Gasteiger partial charge in [-0.1, -0.05) is 0 Å². The summed E-state index contributed by atoms with van der Waals surface area (Å²) in [5.74, 6) is 0. The Morgan fingerprint density at radius 2 is 1.14 bits per heavy atom. The third-order valence-electron chi connectivity index (χ3n) is 0. The predicted octanol–water partition coefficient (Wildman–Crippen LogP) is -6.09. The average Bonchev–Trinajstić information content (AvgIpc) is 1.19. The minimum absolute atomic E-state index is 0. The molecule has 76 valence electrons. The molecule has 0 aromatic rings. The van der Waals surface area contributed by atoms with Crippen molar-refractivity contribution in [2.24, 2.45) is 0 Å². The van der Waals surface area contributed by atoms with E-state index in [-0.39, 0.29) is 163 Å². The van der Waals surface area contributed by atoms with Gasteiger partial charge >= 0.3 is 158 Å². The van der Waals surface area contributed by atoms with E-state index in [1.165, 1.54) is 0 Å². The van der Waals surface area contributed by atoms with Crippen LogP contribution in [0.4, 0.5) is 4.79 Å². The van der Waals surface area contributed by atoms with Crippen LogP contribution in [-0.4, -0.2) is 94.7 Å². The van der Waals surface area contributed by atoms with Gasteiger partial charge in [-0.3, -0.25) is 9.11 Å². The first-order chi connectivity index (χ1) is 3.73. The molecule has 0 aromatic heterocycles. The summed E-state index contributed by atoms with van der Waals surface area (Å²) in [6.45, 7) is 0. The van der Waals surface area contributed by atoms with E-state index in [9.17, 15) is 0 Å². The van der Waals surface area contributed by atoms with Crippen LogP contribution in [0.2, 0.25) is 0 Å². The van der Waals surface area contributed by atoms with Crippen LogP contribution in [0.3, 0.4) is 0 Å². The smallest absolute Gasteiger partial charge is 1.00 e. The maximum Gasteiger partial charge on any atom is 2.00 e. The second kappa shape index (κ2) is 25.8. The van der Waals surface area contributed by atoms with Gasteiger partial charge in [0.05, 0.1) is 0 Å². The van der Waals surface area contributed by atoms with Crippen molar-refractivity contribution in [3.63, 3.8) is 0 Å². The van der Waals surface area contributed by atoms with E-state index < -0.39 is 16.6 Å². The quantitative estimate of drug-likeness (QED) is 0.257. The zero-order valence-corrected chi connectivity index (χ0v) is 18.1. The summed E-state index contributed by atoms with van der Waals surface area (Å²) in [6, 6.07) is 0. The van der Waals surface area contributed by atoms with Gasteiger partial charge in [-0.15, -0.1) is 12.4 Å². The molecule has 13 heteroatoms. The second-order valence-electron chi connectivity index (χ2n) is 0.730. The van der Waals surface area contributed by atoms with Crippen molar-refractivity contribution in [1.29, 1.82) is 0 Å². The number of hydrogen-bond donors (Lipinski definition) is 4. The molecular formula is CH11CaClKMgNaO7S. The third-order valence-corrected chi connectivity index (χ3v) is 0. The van der Waals surface area contributed by atoms with Crippen molar-refractivity contribution in [2.45, 2.75) is 0 Å². The van der Waals surface area contributed by atoms with Crippen molar-refractivity contribution in [3.8, 4) is 0 Å². The van der Waals surface area contributed by atoms with Crippen LogP contribution in [-0.2, 0) is 10.4 Å². The number of hydrogen-bond acceptors (Lipinski definition) is 3. The second-order valence-corrected chi connectivity index (χ2v) is 1.63.